The van der Waals surface area contributed by atoms with Crippen LogP contribution in [0.2, 0.25) is 17.7 Å². The molecule has 0 aromatic rings. The predicted molar refractivity (Wildman–Crippen MR) is 89.6 cm³/mol. The second kappa shape index (κ2) is 12.2. The van der Waals surface area contributed by atoms with Crippen molar-refractivity contribution in [3.8, 4) is 0 Å². The quantitative estimate of drug-likeness (QED) is 0.283. The van der Waals surface area contributed by atoms with Crippen molar-refractivity contribution in [2.75, 3.05) is 0 Å². The summed E-state index contributed by atoms with van der Waals surface area (Å²) in [6.07, 6.45) is 10.3. The third-order valence-corrected chi connectivity index (χ3v) is 21.0. The van der Waals surface area contributed by atoms with Crippen molar-refractivity contribution in [3.05, 3.63) is 0 Å². The Kier molecular flexibility index (Phi) is 12.5. The molecule has 0 aliphatic heterocycles. The van der Waals surface area contributed by atoms with Gasteiger partial charge in [-0.3, -0.25) is 0 Å². The van der Waals surface area contributed by atoms with E-state index in [9.17, 15) is 4.79 Å². The molecule has 0 N–H and O–H groups in total. The minimum atomic E-state index is -1.96. The van der Waals surface area contributed by atoms with Gasteiger partial charge < -0.3 is 0 Å². The van der Waals surface area contributed by atoms with Crippen LogP contribution in [0, 0.1) is 5.92 Å². The van der Waals surface area contributed by atoms with Crippen LogP contribution in [0.5, 0.6) is 0 Å². The van der Waals surface area contributed by atoms with Crippen LogP contribution in [0.1, 0.15) is 72.6 Å². The second-order valence-corrected chi connectivity index (χ2v) is 20.5. The van der Waals surface area contributed by atoms with Crippen molar-refractivity contribution in [3.63, 3.8) is 0 Å². The standard InChI is InChI=1S/C5H9O.3C4H9.Sn/c1-5(2)3-4-6;3*1-3-4-2;/h4-5H,1,3H2,2H3;3*1,3-4H2,2H3;. The molecular weight excluding hydrogens is 339 g/mol. The second-order valence-electron chi connectivity index (χ2n) is 6.52. The molecule has 2 heteroatoms. The number of rotatable bonds is 13. The van der Waals surface area contributed by atoms with Gasteiger partial charge in [0.25, 0.3) is 0 Å². The summed E-state index contributed by atoms with van der Waals surface area (Å²) in [6, 6.07) is 0. The van der Waals surface area contributed by atoms with Gasteiger partial charge >= 0.3 is 126 Å². The number of hydrogen-bond donors (Lipinski definition) is 0. The third kappa shape index (κ3) is 9.09. The number of hydrogen-bond acceptors (Lipinski definition) is 1. The van der Waals surface area contributed by atoms with Crippen LogP contribution in [0.4, 0.5) is 0 Å². The first-order valence-corrected chi connectivity index (χ1v) is 16.6. The van der Waals surface area contributed by atoms with Gasteiger partial charge in [-0.25, -0.2) is 0 Å². The Morgan fingerprint density at radius 3 is 1.63 bits per heavy atom. The van der Waals surface area contributed by atoms with Crippen LogP contribution in [0.15, 0.2) is 0 Å². The fraction of sp³-hybridized carbons (Fsp3) is 0.941. The van der Waals surface area contributed by atoms with E-state index in [1.165, 1.54) is 43.0 Å². The molecule has 0 spiro atoms. The maximum absolute atomic E-state index is 10.8. The van der Waals surface area contributed by atoms with E-state index in [-0.39, 0.29) is 0 Å². The maximum atomic E-state index is 10.8. The van der Waals surface area contributed by atoms with Crippen molar-refractivity contribution in [2.45, 2.75) is 90.4 Å². The summed E-state index contributed by atoms with van der Waals surface area (Å²) >= 11 is -1.96. The van der Waals surface area contributed by atoms with E-state index >= 15 is 0 Å². The number of unbranched alkanes of at least 4 members (excludes halogenated alkanes) is 3. The summed E-state index contributed by atoms with van der Waals surface area (Å²) in [5.74, 6) is 0.652. The van der Waals surface area contributed by atoms with Gasteiger partial charge in [0.2, 0.25) is 0 Å². The molecule has 19 heavy (non-hydrogen) atoms. The zero-order chi connectivity index (χ0) is 14.6. The van der Waals surface area contributed by atoms with Crippen LogP contribution in [-0.4, -0.2) is 24.7 Å². The van der Waals surface area contributed by atoms with E-state index in [2.05, 4.69) is 27.7 Å². The average Bonchev–Trinajstić information content (AvgIpc) is 2.40. The van der Waals surface area contributed by atoms with Gasteiger partial charge in [-0.05, 0) is 0 Å². The zero-order valence-corrected chi connectivity index (χ0v) is 16.7. The first-order valence-electron chi connectivity index (χ1n) is 8.57. The van der Waals surface area contributed by atoms with Gasteiger partial charge in [0.05, 0.1) is 0 Å². The van der Waals surface area contributed by atoms with Crippen molar-refractivity contribution < 1.29 is 4.79 Å². The van der Waals surface area contributed by atoms with Crippen molar-refractivity contribution in [1.29, 1.82) is 0 Å². The van der Waals surface area contributed by atoms with Gasteiger partial charge in [-0.1, -0.05) is 0 Å². The number of carbonyl (C=O) groups is 1. The summed E-state index contributed by atoms with van der Waals surface area (Å²) < 4.78 is 6.20. The first-order chi connectivity index (χ1) is 9.14. The Hall–Kier alpha value is 0.469. The summed E-state index contributed by atoms with van der Waals surface area (Å²) in [6.45, 7) is 9.28. The zero-order valence-electron chi connectivity index (χ0n) is 13.8. The Morgan fingerprint density at radius 1 is 0.895 bits per heavy atom. The molecule has 0 radical (unpaired) electrons. The van der Waals surface area contributed by atoms with Crippen molar-refractivity contribution >= 4 is 24.7 Å². The van der Waals surface area contributed by atoms with Crippen LogP contribution in [0.3, 0.4) is 0 Å². The molecule has 114 valence electrons. The summed E-state index contributed by atoms with van der Waals surface area (Å²) in [5.41, 5.74) is 0. The molecule has 0 amide bonds. The number of aldehydes is 1. The van der Waals surface area contributed by atoms with E-state index in [0.717, 1.165) is 12.7 Å². The third-order valence-electron chi connectivity index (χ3n) is 4.46. The molecule has 1 atom stereocenters. The molecule has 0 aromatic heterocycles. The molecule has 0 heterocycles. The van der Waals surface area contributed by atoms with Gasteiger partial charge in [-0.2, -0.15) is 0 Å². The van der Waals surface area contributed by atoms with Crippen LogP contribution in [0.25, 0.3) is 0 Å². The molecule has 0 saturated heterocycles. The number of carbonyl (C=O) groups excluding carboxylic acids is 1. The van der Waals surface area contributed by atoms with Gasteiger partial charge in [0.1, 0.15) is 0 Å². The molecule has 0 fully saturated rings. The summed E-state index contributed by atoms with van der Waals surface area (Å²) in [7, 11) is 0. The first kappa shape index (κ1) is 19.5. The van der Waals surface area contributed by atoms with Crippen molar-refractivity contribution in [1.82, 2.24) is 0 Å². The Morgan fingerprint density at radius 2 is 1.32 bits per heavy atom. The summed E-state index contributed by atoms with van der Waals surface area (Å²) in [5, 5.41) is 0. The van der Waals surface area contributed by atoms with Gasteiger partial charge in [-0.15, -0.1) is 0 Å². The molecular formula is C17H36OSn. The van der Waals surface area contributed by atoms with Gasteiger partial charge in [0, 0.05) is 0 Å². The average molecular weight is 375 g/mol. The Labute approximate surface area is 125 Å². The van der Waals surface area contributed by atoms with E-state index in [0.29, 0.717) is 5.92 Å². The topological polar surface area (TPSA) is 17.1 Å². The Balaban J connectivity index is 4.69. The Bertz CT molecular complexity index is 194. The minimum absolute atomic E-state index is 0.652. The molecule has 0 bridgehead atoms. The van der Waals surface area contributed by atoms with Gasteiger partial charge in [0.15, 0.2) is 0 Å². The molecule has 1 nitrogen and oxygen atoms in total. The molecule has 0 saturated carbocycles. The van der Waals surface area contributed by atoms with Crippen molar-refractivity contribution in [2.24, 2.45) is 5.92 Å². The van der Waals surface area contributed by atoms with E-state index in [4.69, 9.17) is 0 Å². The SMILES string of the molecule is CCC[CH2][Sn]([CH2]CCC)([CH2]CCC)[CH2]C(C)CC=O. The molecule has 0 aliphatic carbocycles. The van der Waals surface area contributed by atoms with E-state index < -0.39 is 18.4 Å². The normalized spacial score (nSPS) is 13.5. The summed E-state index contributed by atoms with van der Waals surface area (Å²) in [4.78, 5) is 10.8. The fourth-order valence-electron chi connectivity index (χ4n) is 3.32. The van der Waals surface area contributed by atoms with E-state index in [1.807, 2.05) is 0 Å². The van der Waals surface area contributed by atoms with Crippen LogP contribution < -0.4 is 0 Å². The predicted octanol–water partition coefficient (Wildman–Crippen LogP) is 6.06. The molecule has 0 rings (SSSR count). The van der Waals surface area contributed by atoms with Crippen LogP contribution in [-0.2, 0) is 4.79 Å². The molecule has 0 aliphatic rings. The van der Waals surface area contributed by atoms with Crippen LogP contribution >= 0.6 is 0 Å². The fourth-order valence-corrected chi connectivity index (χ4v) is 21.4. The van der Waals surface area contributed by atoms with E-state index in [1.54, 1.807) is 13.3 Å². The molecule has 0 aromatic carbocycles. The monoisotopic (exact) mass is 376 g/mol. The molecule has 1 unspecified atom stereocenters.